The van der Waals surface area contributed by atoms with Crippen LogP contribution < -0.4 is 20.7 Å². The van der Waals surface area contributed by atoms with Crippen molar-refractivity contribution in [1.29, 1.82) is 0 Å². The van der Waals surface area contributed by atoms with Crippen LogP contribution in [0.15, 0.2) is 46.0 Å². The number of piperidine rings is 1. The van der Waals surface area contributed by atoms with Crippen molar-refractivity contribution in [2.45, 2.75) is 31.5 Å². The lowest BCUT2D eigenvalue weighted by molar-refractivity contribution is -0.119. The second-order valence-electron chi connectivity index (χ2n) is 8.61. The number of hydrogen-bond acceptors (Lipinski definition) is 5. The fourth-order valence-corrected chi connectivity index (χ4v) is 4.46. The summed E-state index contributed by atoms with van der Waals surface area (Å²) in [6, 6.07) is 8.12. The number of ether oxygens (including phenoxy) is 2. The molecule has 2 heterocycles. The summed E-state index contributed by atoms with van der Waals surface area (Å²) in [6.45, 7) is -1.33. The Morgan fingerprint density at radius 2 is 1.81 bits per heavy atom. The van der Waals surface area contributed by atoms with Crippen LogP contribution >= 0.6 is 0 Å². The number of carbonyl (C=O) groups excluding carboxylic acids is 1. The average molecular weight is 505 g/mol. The maximum atomic E-state index is 13.9. The number of nitrogens with zero attached hydrogens (tertiary/aromatic N) is 3. The number of fused-ring (bicyclic) bond motifs is 1. The Morgan fingerprint density at radius 3 is 2.44 bits per heavy atom. The van der Waals surface area contributed by atoms with E-state index in [0.29, 0.717) is 37.0 Å². The van der Waals surface area contributed by atoms with Crippen LogP contribution in [0.25, 0.3) is 10.9 Å². The Hall–Kier alpha value is -3.76. The van der Waals surface area contributed by atoms with Gasteiger partial charge in [0.05, 0.1) is 24.6 Å². The van der Waals surface area contributed by atoms with Crippen LogP contribution in [0.4, 0.5) is 13.2 Å². The molecule has 8 nitrogen and oxygen atoms in total. The van der Waals surface area contributed by atoms with Gasteiger partial charge in [-0.2, -0.15) is 0 Å². The summed E-state index contributed by atoms with van der Waals surface area (Å²) in [5.41, 5.74) is -0.356. The average Bonchev–Trinajstić information content (AvgIpc) is 2.91. The number of halogens is 3. The lowest BCUT2D eigenvalue weighted by Crippen LogP contribution is -2.44. The zero-order valence-electron chi connectivity index (χ0n) is 19.7. The molecule has 0 atom stereocenters. The van der Waals surface area contributed by atoms with E-state index in [0.717, 1.165) is 11.0 Å². The van der Waals surface area contributed by atoms with Crippen molar-refractivity contribution in [1.82, 2.24) is 14.0 Å². The number of benzene rings is 2. The Bertz CT molecular complexity index is 1360. The van der Waals surface area contributed by atoms with E-state index < -0.39 is 36.5 Å². The molecule has 1 aliphatic heterocycles. The summed E-state index contributed by atoms with van der Waals surface area (Å²) in [5.74, 6) is -0.513. The lowest BCUT2D eigenvalue weighted by atomic mass is 10.0. The largest absolute Gasteiger partial charge is 0.494 e. The summed E-state index contributed by atoms with van der Waals surface area (Å²) in [7, 11) is 1.31. The predicted molar refractivity (Wildman–Crippen MR) is 127 cm³/mol. The first-order valence-corrected chi connectivity index (χ1v) is 11.5. The normalized spacial score (nSPS) is 14.4. The number of likely N-dealkylation sites (tertiary alicyclic amines) is 1. The van der Waals surface area contributed by atoms with Crippen molar-refractivity contribution in [3.05, 3.63) is 68.6 Å². The first-order valence-electron chi connectivity index (χ1n) is 11.5. The minimum absolute atomic E-state index is 0.0259. The SMILES string of the molecule is COc1cc(Cn2c(=O)c3cc(OC(CF)CF)ccc3n(C3CCN(C=O)CC3)c2=O)ccc1F. The van der Waals surface area contributed by atoms with E-state index in [2.05, 4.69) is 0 Å². The zero-order valence-corrected chi connectivity index (χ0v) is 19.7. The van der Waals surface area contributed by atoms with Crippen molar-refractivity contribution in [3.63, 3.8) is 0 Å². The highest BCUT2D eigenvalue weighted by Crippen LogP contribution is 2.26. The molecule has 1 fully saturated rings. The van der Waals surface area contributed by atoms with E-state index in [-0.39, 0.29) is 29.5 Å². The van der Waals surface area contributed by atoms with E-state index in [1.54, 1.807) is 4.90 Å². The van der Waals surface area contributed by atoms with Gasteiger partial charge < -0.3 is 14.4 Å². The molecule has 0 unspecified atom stereocenters. The van der Waals surface area contributed by atoms with Crippen molar-refractivity contribution in [2.75, 3.05) is 33.5 Å². The van der Waals surface area contributed by atoms with Gasteiger partial charge in [-0.15, -0.1) is 0 Å². The standard InChI is InChI=1S/C25H26F3N3O5/c1-35-23-10-16(2-4-21(23)28)14-30-24(33)20-11-18(36-19(12-26)13-27)3-5-22(20)31(25(30)34)17-6-8-29(15-32)9-7-17/h2-5,10-11,15,17,19H,6-9,12-14H2,1H3. The number of carbonyl (C=O) groups is 1. The van der Waals surface area contributed by atoms with Gasteiger partial charge in [0.15, 0.2) is 17.7 Å². The molecule has 0 N–H and O–H groups in total. The second kappa shape index (κ2) is 10.9. The maximum Gasteiger partial charge on any atom is 0.332 e. The molecule has 0 spiro atoms. The molecule has 1 aromatic heterocycles. The summed E-state index contributed by atoms with van der Waals surface area (Å²) < 4.78 is 52.8. The third-order valence-corrected chi connectivity index (χ3v) is 6.36. The van der Waals surface area contributed by atoms with Crippen LogP contribution in [0.5, 0.6) is 11.5 Å². The number of alkyl halides is 2. The maximum absolute atomic E-state index is 13.9. The van der Waals surface area contributed by atoms with Gasteiger partial charge in [-0.05, 0) is 48.7 Å². The van der Waals surface area contributed by atoms with Gasteiger partial charge >= 0.3 is 5.69 Å². The van der Waals surface area contributed by atoms with Gasteiger partial charge in [0.2, 0.25) is 6.41 Å². The lowest BCUT2D eigenvalue weighted by Gasteiger charge is -2.31. The third kappa shape index (κ3) is 4.95. The Morgan fingerprint density at radius 1 is 1.08 bits per heavy atom. The molecule has 4 rings (SSSR count). The van der Waals surface area contributed by atoms with Crippen molar-refractivity contribution in [3.8, 4) is 11.5 Å². The Labute approximate surface area is 204 Å². The third-order valence-electron chi connectivity index (χ3n) is 6.36. The minimum atomic E-state index is -1.31. The van der Waals surface area contributed by atoms with Crippen LogP contribution in [0.1, 0.15) is 24.4 Å². The van der Waals surface area contributed by atoms with E-state index in [9.17, 15) is 27.6 Å². The molecule has 1 amide bonds. The van der Waals surface area contributed by atoms with E-state index in [1.165, 1.54) is 48.1 Å². The summed E-state index contributed by atoms with van der Waals surface area (Å²) in [6.07, 6.45) is 0.450. The van der Waals surface area contributed by atoms with Gasteiger partial charge in [0.1, 0.15) is 19.1 Å². The molecule has 36 heavy (non-hydrogen) atoms. The summed E-state index contributed by atoms with van der Waals surface area (Å²) >= 11 is 0. The van der Waals surface area contributed by atoms with Crippen LogP contribution in [-0.2, 0) is 11.3 Å². The molecule has 0 radical (unpaired) electrons. The fourth-order valence-electron chi connectivity index (χ4n) is 4.46. The van der Waals surface area contributed by atoms with Crippen LogP contribution in [0.3, 0.4) is 0 Å². The number of aromatic nitrogens is 2. The molecule has 2 aromatic carbocycles. The summed E-state index contributed by atoms with van der Waals surface area (Å²) in [5, 5.41) is 0.135. The van der Waals surface area contributed by atoms with Gasteiger partial charge in [-0.1, -0.05) is 6.07 Å². The Kier molecular flexibility index (Phi) is 7.66. The Balaban J connectivity index is 1.86. The molecule has 0 bridgehead atoms. The topological polar surface area (TPSA) is 82.8 Å². The minimum Gasteiger partial charge on any atom is -0.494 e. The smallest absolute Gasteiger partial charge is 0.332 e. The molecule has 1 saturated heterocycles. The molecule has 3 aromatic rings. The quantitative estimate of drug-likeness (QED) is 0.418. The molecule has 192 valence electrons. The highest BCUT2D eigenvalue weighted by atomic mass is 19.1. The summed E-state index contributed by atoms with van der Waals surface area (Å²) in [4.78, 5) is 39.9. The monoisotopic (exact) mass is 505 g/mol. The van der Waals surface area contributed by atoms with Crippen molar-refractivity contribution >= 4 is 17.3 Å². The number of hydrogen-bond donors (Lipinski definition) is 0. The number of rotatable bonds is 9. The highest BCUT2D eigenvalue weighted by Gasteiger charge is 2.25. The van der Waals surface area contributed by atoms with Crippen LogP contribution in [-0.4, -0.2) is 60.1 Å². The molecule has 1 aliphatic rings. The van der Waals surface area contributed by atoms with Crippen LogP contribution in [0.2, 0.25) is 0 Å². The number of methoxy groups -OCH3 is 1. The van der Waals surface area contributed by atoms with Gasteiger partial charge in [0, 0.05) is 19.1 Å². The molecule has 11 heteroatoms. The second-order valence-corrected chi connectivity index (χ2v) is 8.61. The van der Waals surface area contributed by atoms with E-state index in [4.69, 9.17) is 9.47 Å². The highest BCUT2D eigenvalue weighted by molar-refractivity contribution is 5.80. The fraction of sp³-hybridized carbons (Fsp3) is 0.400. The molecule has 0 aliphatic carbocycles. The number of amides is 1. The van der Waals surface area contributed by atoms with Gasteiger partial charge in [0.25, 0.3) is 5.56 Å². The zero-order chi connectivity index (χ0) is 25.8. The van der Waals surface area contributed by atoms with Gasteiger partial charge in [-0.25, -0.2) is 18.0 Å². The van der Waals surface area contributed by atoms with E-state index in [1.807, 2.05) is 0 Å². The first-order chi connectivity index (χ1) is 17.4. The first kappa shape index (κ1) is 25.3. The predicted octanol–water partition coefficient (Wildman–Crippen LogP) is 2.84. The molecular formula is C25H26F3N3O5. The van der Waals surface area contributed by atoms with Crippen molar-refractivity contribution < 1.29 is 27.4 Å². The van der Waals surface area contributed by atoms with Crippen molar-refractivity contribution in [2.24, 2.45) is 0 Å². The molecular weight excluding hydrogens is 479 g/mol. The van der Waals surface area contributed by atoms with Crippen LogP contribution in [0, 0.1) is 5.82 Å². The van der Waals surface area contributed by atoms with Gasteiger partial charge in [-0.3, -0.25) is 18.7 Å². The molecule has 0 saturated carbocycles. The van der Waals surface area contributed by atoms with E-state index >= 15 is 0 Å².